The van der Waals surface area contributed by atoms with Gasteiger partial charge in [0.2, 0.25) is 0 Å². The molecule has 9 heteroatoms. The zero-order valence-corrected chi connectivity index (χ0v) is 18.4. The van der Waals surface area contributed by atoms with Crippen LogP contribution in [0, 0.1) is 13.8 Å². The highest BCUT2D eigenvalue weighted by Gasteiger charge is 2.41. The van der Waals surface area contributed by atoms with Crippen molar-refractivity contribution >= 4 is 40.9 Å². The summed E-state index contributed by atoms with van der Waals surface area (Å²) < 4.78 is 6.71. The predicted octanol–water partition coefficient (Wildman–Crippen LogP) is 3.78. The van der Waals surface area contributed by atoms with Gasteiger partial charge in [-0.05, 0) is 69.3 Å². The summed E-state index contributed by atoms with van der Waals surface area (Å²) in [5.41, 5.74) is 2.83. The quantitative estimate of drug-likeness (QED) is 0.536. The number of hydrogen-bond donors (Lipinski definition) is 1. The summed E-state index contributed by atoms with van der Waals surface area (Å²) in [4.78, 5) is 49.9. The number of esters is 1. The molecule has 2 amide bonds. The summed E-state index contributed by atoms with van der Waals surface area (Å²) in [5, 5.41) is 8.98. The van der Waals surface area contributed by atoms with Gasteiger partial charge in [-0.1, -0.05) is 12.1 Å². The second-order valence-corrected chi connectivity index (χ2v) is 7.96. The lowest BCUT2D eigenvalue weighted by atomic mass is 10.1. The van der Waals surface area contributed by atoms with E-state index >= 15 is 0 Å². The van der Waals surface area contributed by atoms with Crippen molar-refractivity contribution in [2.75, 3.05) is 6.61 Å². The first-order chi connectivity index (χ1) is 14.7. The van der Waals surface area contributed by atoms with Crippen LogP contribution in [0.25, 0.3) is 11.8 Å². The van der Waals surface area contributed by atoms with Crippen LogP contribution in [0.2, 0.25) is 0 Å². The first-order valence-electron chi connectivity index (χ1n) is 9.62. The summed E-state index contributed by atoms with van der Waals surface area (Å²) in [6.07, 6.45) is 1.59. The van der Waals surface area contributed by atoms with E-state index in [1.165, 1.54) is 13.0 Å². The molecule has 0 aliphatic carbocycles. The molecule has 2 aromatic rings. The molecule has 0 saturated carbocycles. The van der Waals surface area contributed by atoms with Crippen LogP contribution in [0.15, 0.2) is 35.2 Å². The number of amides is 2. The van der Waals surface area contributed by atoms with Gasteiger partial charge in [-0.25, -0.2) is 9.59 Å². The number of rotatable bonds is 6. The van der Waals surface area contributed by atoms with Crippen molar-refractivity contribution in [3.8, 4) is 5.69 Å². The highest BCUT2D eigenvalue weighted by Crippen LogP contribution is 2.35. The van der Waals surface area contributed by atoms with Gasteiger partial charge in [-0.3, -0.25) is 14.5 Å². The summed E-state index contributed by atoms with van der Waals surface area (Å²) in [5.74, 6) is -2.25. The van der Waals surface area contributed by atoms with E-state index in [2.05, 4.69) is 0 Å². The summed E-state index contributed by atoms with van der Waals surface area (Å²) in [7, 11) is 0. The van der Waals surface area contributed by atoms with E-state index in [0.717, 1.165) is 28.0 Å². The number of carbonyl (C=O) groups is 4. The zero-order valence-electron chi connectivity index (χ0n) is 17.5. The van der Waals surface area contributed by atoms with Crippen LogP contribution in [0.4, 0.5) is 4.79 Å². The molecule has 1 aromatic carbocycles. The number of ether oxygens (including phenoxy) is 1. The fourth-order valence-electron chi connectivity index (χ4n) is 3.48. The molecule has 0 spiro atoms. The summed E-state index contributed by atoms with van der Waals surface area (Å²) >= 11 is 0.756. The average molecular weight is 442 g/mol. The van der Waals surface area contributed by atoms with Crippen LogP contribution in [-0.4, -0.2) is 50.3 Å². The average Bonchev–Trinajstić information content (AvgIpc) is 3.15. The number of nitrogens with zero attached hydrogens (tertiary/aromatic N) is 2. The Morgan fingerprint density at radius 3 is 2.55 bits per heavy atom. The standard InChI is InChI=1S/C22H22N2O6S/c1-5-30-21(28)14(4)24-19(25)18(31-22(24)29)11-15-10-12(2)23(13(15)3)17-9-7-6-8-16(17)20(26)27/h6-11,14H,5H2,1-4H3,(H,26,27)/b18-11+/t14-/m1/s1. The Hall–Kier alpha value is -3.33. The molecule has 1 N–H and O–H groups in total. The predicted molar refractivity (Wildman–Crippen MR) is 116 cm³/mol. The first kappa shape index (κ1) is 22.4. The number of carboxylic acid groups (broad SMARTS) is 1. The fourth-order valence-corrected chi connectivity index (χ4v) is 4.38. The normalized spacial score (nSPS) is 16.1. The molecule has 1 saturated heterocycles. The number of carboxylic acids is 1. The van der Waals surface area contributed by atoms with E-state index in [1.54, 1.807) is 35.8 Å². The molecule has 162 valence electrons. The largest absolute Gasteiger partial charge is 0.478 e. The van der Waals surface area contributed by atoms with E-state index in [-0.39, 0.29) is 17.1 Å². The van der Waals surface area contributed by atoms with E-state index < -0.39 is 29.1 Å². The molecular weight excluding hydrogens is 420 g/mol. The highest BCUT2D eigenvalue weighted by molar-refractivity contribution is 8.18. The third kappa shape index (κ3) is 4.13. The van der Waals surface area contributed by atoms with Crippen LogP contribution < -0.4 is 0 Å². The monoisotopic (exact) mass is 442 g/mol. The van der Waals surface area contributed by atoms with Gasteiger partial charge < -0.3 is 14.4 Å². The molecule has 1 aliphatic heterocycles. The zero-order chi connectivity index (χ0) is 22.9. The van der Waals surface area contributed by atoms with Gasteiger partial charge in [-0.2, -0.15) is 0 Å². The molecule has 8 nitrogen and oxygen atoms in total. The number of carbonyl (C=O) groups excluding carboxylic acids is 3. The van der Waals surface area contributed by atoms with Gasteiger partial charge in [0.15, 0.2) is 0 Å². The van der Waals surface area contributed by atoms with E-state index in [0.29, 0.717) is 11.3 Å². The summed E-state index contributed by atoms with van der Waals surface area (Å²) in [6.45, 7) is 6.89. The number of aryl methyl sites for hydroxylation is 1. The lowest BCUT2D eigenvalue weighted by Gasteiger charge is -2.19. The van der Waals surface area contributed by atoms with Gasteiger partial charge in [0, 0.05) is 11.4 Å². The molecule has 1 fully saturated rings. The van der Waals surface area contributed by atoms with E-state index in [9.17, 15) is 24.3 Å². The molecule has 0 radical (unpaired) electrons. The van der Waals surface area contributed by atoms with Crippen LogP contribution in [0.3, 0.4) is 0 Å². The van der Waals surface area contributed by atoms with Gasteiger partial charge in [0.1, 0.15) is 6.04 Å². The molecule has 3 rings (SSSR count). The minimum Gasteiger partial charge on any atom is -0.478 e. The molecule has 1 aromatic heterocycles. The Labute approximate surface area is 183 Å². The Balaban J connectivity index is 1.99. The molecule has 0 bridgehead atoms. The van der Waals surface area contributed by atoms with Gasteiger partial charge in [0.05, 0.1) is 22.8 Å². The SMILES string of the molecule is CCOC(=O)[C@@H](C)N1C(=O)S/C(=C/c2cc(C)n(-c3ccccc3C(=O)O)c2C)C1=O. The van der Waals surface area contributed by atoms with E-state index in [1.807, 2.05) is 19.9 Å². The lowest BCUT2D eigenvalue weighted by Crippen LogP contribution is -2.42. The third-order valence-electron chi connectivity index (χ3n) is 4.97. The Bertz CT molecular complexity index is 1120. The van der Waals surface area contributed by atoms with Crippen LogP contribution in [0.1, 0.15) is 41.2 Å². The number of imide groups is 1. The second kappa shape index (κ2) is 8.81. The van der Waals surface area contributed by atoms with Crippen LogP contribution in [-0.2, 0) is 14.3 Å². The lowest BCUT2D eigenvalue weighted by molar-refractivity contribution is -0.150. The molecule has 2 heterocycles. The number of benzene rings is 1. The van der Waals surface area contributed by atoms with Crippen molar-refractivity contribution in [3.05, 3.63) is 57.8 Å². The maximum atomic E-state index is 12.8. The molecule has 31 heavy (non-hydrogen) atoms. The topological polar surface area (TPSA) is 106 Å². The van der Waals surface area contributed by atoms with Crippen molar-refractivity contribution in [1.82, 2.24) is 9.47 Å². The highest BCUT2D eigenvalue weighted by atomic mass is 32.2. The Morgan fingerprint density at radius 2 is 1.90 bits per heavy atom. The second-order valence-electron chi connectivity index (χ2n) is 6.96. The smallest absolute Gasteiger partial charge is 0.337 e. The molecular formula is C22H22N2O6S. The van der Waals surface area contributed by atoms with Crippen LogP contribution in [0.5, 0.6) is 0 Å². The number of hydrogen-bond acceptors (Lipinski definition) is 6. The van der Waals surface area contributed by atoms with Crippen molar-refractivity contribution in [3.63, 3.8) is 0 Å². The van der Waals surface area contributed by atoms with Crippen molar-refractivity contribution in [1.29, 1.82) is 0 Å². The third-order valence-corrected chi connectivity index (χ3v) is 5.85. The maximum absolute atomic E-state index is 12.8. The molecule has 1 atom stereocenters. The first-order valence-corrected chi connectivity index (χ1v) is 10.4. The van der Waals surface area contributed by atoms with E-state index in [4.69, 9.17) is 4.74 Å². The summed E-state index contributed by atoms with van der Waals surface area (Å²) in [6, 6.07) is 7.44. The molecule has 1 aliphatic rings. The van der Waals surface area contributed by atoms with Crippen molar-refractivity contribution in [2.24, 2.45) is 0 Å². The number of aromatic nitrogens is 1. The Kier molecular flexibility index (Phi) is 6.35. The van der Waals surface area contributed by atoms with Crippen molar-refractivity contribution < 1.29 is 29.0 Å². The number of thioether (sulfide) groups is 1. The number of para-hydroxylation sites is 1. The maximum Gasteiger partial charge on any atom is 0.337 e. The minimum absolute atomic E-state index is 0.152. The fraction of sp³-hybridized carbons (Fsp3) is 0.273. The number of aromatic carboxylic acids is 1. The molecule has 0 unspecified atom stereocenters. The van der Waals surface area contributed by atoms with Crippen LogP contribution >= 0.6 is 11.8 Å². The van der Waals surface area contributed by atoms with Gasteiger partial charge in [-0.15, -0.1) is 0 Å². The van der Waals surface area contributed by atoms with Crippen molar-refractivity contribution in [2.45, 2.75) is 33.7 Å². The van der Waals surface area contributed by atoms with Gasteiger partial charge in [0.25, 0.3) is 11.1 Å². The minimum atomic E-state index is -1.04. The Morgan fingerprint density at radius 1 is 1.23 bits per heavy atom. The van der Waals surface area contributed by atoms with Gasteiger partial charge >= 0.3 is 11.9 Å².